The molecule has 0 bridgehead atoms. The van der Waals surface area contributed by atoms with Gasteiger partial charge in [-0.25, -0.2) is 9.69 Å². The molecule has 4 aromatic rings. The summed E-state index contributed by atoms with van der Waals surface area (Å²) in [6.07, 6.45) is 1.42. The van der Waals surface area contributed by atoms with E-state index in [4.69, 9.17) is 14.2 Å². The highest BCUT2D eigenvalue weighted by Crippen LogP contribution is 2.38. The molecule has 0 saturated carbocycles. The largest absolute Gasteiger partial charge is 0.490 e. The van der Waals surface area contributed by atoms with Crippen molar-refractivity contribution in [1.82, 2.24) is 5.32 Å². The zero-order valence-electron chi connectivity index (χ0n) is 23.0. The lowest BCUT2D eigenvalue weighted by molar-refractivity contribution is -0.122. The second kappa shape index (κ2) is 13.7. The summed E-state index contributed by atoms with van der Waals surface area (Å²) in [4.78, 5) is 39.9. The summed E-state index contributed by atoms with van der Waals surface area (Å²) in [5, 5.41) is 2.25. The van der Waals surface area contributed by atoms with Gasteiger partial charge in [-0.3, -0.25) is 14.9 Å². The van der Waals surface area contributed by atoms with Crippen LogP contribution in [0.2, 0.25) is 0 Å². The number of nitrogens with one attached hydrogen (secondary N) is 1. The lowest BCUT2D eigenvalue weighted by atomic mass is 10.1. The molecule has 1 saturated heterocycles. The topological polar surface area (TPSA) is 94.2 Å². The van der Waals surface area contributed by atoms with E-state index in [1.54, 1.807) is 36.4 Å². The molecule has 0 radical (unpaired) electrons. The molecule has 1 fully saturated rings. The first-order chi connectivity index (χ1) is 20.8. The summed E-state index contributed by atoms with van der Waals surface area (Å²) in [7, 11) is 0. The van der Waals surface area contributed by atoms with Gasteiger partial charge in [-0.15, -0.1) is 0 Å². The molecule has 0 unspecified atom stereocenters. The van der Waals surface area contributed by atoms with Crippen molar-refractivity contribution in [3.63, 3.8) is 0 Å². The van der Waals surface area contributed by atoms with Crippen molar-refractivity contribution in [3.8, 4) is 17.2 Å². The second-order valence-corrected chi connectivity index (χ2v) is 11.2. The number of benzene rings is 4. The second-order valence-electron chi connectivity index (χ2n) is 9.40. The van der Waals surface area contributed by atoms with Gasteiger partial charge in [0.25, 0.3) is 11.8 Å². The number of halogens is 2. The fraction of sp³-hybridized carbons (Fsp3) is 0.121. The average Bonchev–Trinajstić information content (AvgIpc) is 3.00. The van der Waals surface area contributed by atoms with E-state index in [0.717, 1.165) is 20.5 Å². The molecule has 4 aromatic carbocycles. The molecule has 1 aliphatic heterocycles. The maximum Gasteiger partial charge on any atom is 0.335 e. The monoisotopic (exact) mass is 704 g/mol. The summed E-state index contributed by atoms with van der Waals surface area (Å²) >= 11 is 6.94. The van der Waals surface area contributed by atoms with Gasteiger partial charge in [-0.1, -0.05) is 58.4 Å². The Morgan fingerprint density at radius 3 is 2.16 bits per heavy atom. The minimum absolute atomic E-state index is 0.206. The summed E-state index contributed by atoms with van der Waals surface area (Å²) in [6, 6.07) is 26.5. The Bertz CT molecular complexity index is 1670. The number of anilines is 1. The zero-order chi connectivity index (χ0) is 30.3. The highest BCUT2D eigenvalue weighted by molar-refractivity contribution is 9.10. The van der Waals surface area contributed by atoms with Crippen molar-refractivity contribution in [2.24, 2.45) is 0 Å². The van der Waals surface area contributed by atoms with Crippen molar-refractivity contribution in [3.05, 3.63) is 122 Å². The molecule has 0 spiro atoms. The minimum Gasteiger partial charge on any atom is -0.490 e. The van der Waals surface area contributed by atoms with E-state index in [0.29, 0.717) is 47.1 Å². The lowest BCUT2D eigenvalue weighted by Gasteiger charge is -2.26. The molecule has 1 aliphatic rings. The first-order valence-corrected chi connectivity index (χ1v) is 14.9. The van der Waals surface area contributed by atoms with Crippen LogP contribution in [0.1, 0.15) is 23.6 Å². The Balaban J connectivity index is 1.35. The van der Waals surface area contributed by atoms with Gasteiger partial charge in [0.05, 0.1) is 16.8 Å². The Morgan fingerprint density at radius 1 is 0.791 bits per heavy atom. The third-order valence-corrected chi connectivity index (χ3v) is 7.50. The molecule has 0 atom stereocenters. The molecule has 4 amide bonds. The summed E-state index contributed by atoms with van der Waals surface area (Å²) in [5.74, 6) is -0.0530. The number of ether oxygens (including phenoxy) is 3. The molecule has 0 aliphatic carbocycles. The fourth-order valence-corrected chi connectivity index (χ4v) is 5.14. The first-order valence-electron chi connectivity index (χ1n) is 13.3. The van der Waals surface area contributed by atoms with E-state index in [-0.39, 0.29) is 11.3 Å². The van der Waals surface area contributed by atoms with Gasteiger partial charge in [-0.05, 0) is 94.2 Å². The molecule has 218 valence electrons. The lowest BCUT2D eigenvalue weighted by Crippen LogP contribution is -2.54. The number of hydrogen-bond donors (Lipinski definition) is 1. The van der Waals surface area contributed by atoms with Gasteiger partial charge < -0.3 is 14.2 Å². The van der Waals surface area contributed by atoms with Crippen molar-refractivity contribution in [1.29, 1.82) is 0 Å². The van der Waals surface area contributed by atoms with Crippen LogP contribution in [0, 0.1) is 0 Å². The number of carbonyl (C=O) groups is 3. The average molecular weight is 706 g/mol. The van der Waals surface area contributed by atoms with Gasteiger partial charge in [0.1, 0.15) is 24.5 Å². The van der Waals surface area contributed by atoms with Crippen molar-refractivity contribution in [2.45, 2.75) is 20.1 Å². The van der Waals surface area contributed by atoms with E-state index < -0.39 is 17.8 Å². The molecular weight excluding hydrogens is 680 g/mol. The Hall–Kier alpha value is -4.41. The Labute approximate surface area is 265 Å². The maximum atomic E-state index is 13.5. The van der Waals surface area contributed by atoms with Crippen molar-refractivity contribution < 1.29 is 28.6 Å². The molecule has 1 N–H and O–H groups in total. The predicted octanol–water partition coefficient (Wildman–Crippen LogP) is 7.43. The molecular formula is C33H26Br2N2O6. The normalized spacial score (nSPS) is 14.1. The van der Waals surface area contributed by atoms with Gasteiger partial charge in [0.2, 0.25) is 0 Å². The summed E-state index contributed by atoms with van der Waals surface area (Å²) < 4.78 is 19.2. The number of urea groups is 1. The van der Waals surface area contributed by atoms with Gasteiger partial charge in [0, 0.05) is 4.47 Å². The van der Waals surface area contributed by atoms with Crippen LogP contribution in [0.15, 0.2) is 106 Å². The number of nitrogens with zero attached hydrogens (tertiary/aromatic N) is 1. The molecule has 8 nitrogen and oxygen atoms in total. The number of barbiturate groups is 1. The van der Waals surface area contributed by atoms with Crippen molar-refractivity contribution >= 4 is 61.5 Å². The van der Waals surface area contributed by atoms with Crippen LogP contribution in [0.4, 0.5) is 10.5 Å². The molecule has 5 rings (SSSR count). The molecule has 1 heterocycles. The van der Waals surface area contributed by atoms with E-state index in [9.17, 15) is 14.4 Å². The van der Waals surface area contributed by atoms with Gasteiger partial charge in [-0.2, -0.15) is 0 Å². The SMILES string of the molecule is CCOc1cc(/C=C2\C(=O)NC(=O)N(c3ccc(OCc4ccc(Br)cc4)cc3)C2=O)cc(Br)c1OCc1ccccc1. The highest BCUT2D eigenvalue weighted by Gasteiger charge is 2.37. The zero-order valence-corrected chi connectivity index (χ0v) is 26.2. The van der Waals surface area contributed by atoms with E-state index >= 15 is 0 Å². The quantitative estimate of drug-likeness (QED) is 0.136. The van der Waals surface area contributed by atoms with Crippen LogP contribution in [0.25, 0.3) is 6.08 Å². The highest BCUT2D eigenvalue weighted by atomic mass is 79.9. The Morgan fingerprint density at radius 2 is 1.47 bits per heavy atom. The van der Waals surface area contributed by atoms with Crippen LogP contribution >= 0.6 is 31.9 Å². The number of amides is 4. The smallest absolute Gasteiger partial charge is 0.335 e. The van der Waals surface area contributed by atoms with Crippen LogP contribution < -0.4 is 24.4 Å². The van der Waals surface area contributed by atoms with Crippen LogP contribution in [-0.4, -0.2) is 24.5 Å². The van der Waals surface area contributed by atoms with E-state index in [1.807, 2.05) is 61.5 Å². The number of imide groups is 2. The van der Waals surface area contributed by atoms with Crippen LogP contribution in [-0.2, 0) is 22.8 Å². The van der Waals surface area contributed by atoms with Crippen molar-refractivity contribution in [2.75, 3.05) is 11.5 Å². The summed E-state index contributed by atoms with van der Waals surface area (Å²) in [6.45, 7) is 2.90. The first kappa shape index (κ1) is 30.1. The standard InChI is InChI=1S/C33H26Br2N2O6/c1-2-41-29-18-23(17-28(35)30(29)43-20-21-6-4-3-5-7-21)16-27-31(38)36-33(40)37(32(27)39)25-12-14-26(15-13-25)42-19-22-8-10-24(34)11-9-22/h3-18H,2,19-20H2,1H3,(H,36,38,40)/b27-16+. The third kappa shape index (κ3) is 7.33. The van der Waals surface area contributed by atoms with Crippen LogP contribution in [0.3, 0.4) is 0 Å². The van der Waals surface area contributed by atoms with Crippen LogP contribution in [0.5, 0.6) is 17.2 Å². The molecule has 0 aromatic heterocycles. The molecule has 43 heavy (non-hydrogen) atoms. The predicted molar refractivity (Wildman–Crippen MR) is 170 cm³/mol. The van der Waals surface area contributed by atoms with E-state index in [2.05, 4.69) is 37.2 Å². The third-order valence-electron chi connectivity index (χ3n) is 6.38. The van der Waals surface area contributed by atoms with Gasteiger partial charge in [0.15, 0.2) is 11.5 Å². The minimum atomic E-state index is -0.837. The number of hydrogen-bond acceptors (Lipinski definition) is 6. The summed E-state index contributed by atoms with van der Waals surface area (Å²) in [5.41, 5.74) is 2.56. The van der Waals surface area contributed by atoms with E-state index in [1.165, 1.54) is 6.08 Å². The Kier molecular flexibility index (Phi) is 9.58. The molecule has 10 heteroatoms. The van der Waals surface area contributed by atoms with Gasteiger partial charge >= 0.3 is 6.03 Å². The maximum absolute atomic E-state index is 13.5. The fourth-order valence-electron chi connectivity index (χ4n) is 4.30. The number of rotatable bonds is 10. The number of carbonyl (C=O) groups excluding carboxylic acids is 3.